The van der Waals surface area contributed by atoms with Crippen LogP contribution < -0.4 is 5.32 Å². The number of amides is 1. The van der Waals surface area contributed by atoms with Crippen LogP contribution in [0.2, 0.25) is 0 Å². The second-order valence-electron chi connectivity index (χ2n) is 3.91. The Bertz CT molecular complexity index is 414. The van der Waals surface area contributed by atoms with Gasteiger partial charge in [-0.25, -0.2) is 13.6 Å². The highest BCUT2D eigenvalue weighted by molar-refractivity contribution is 5.65. The van der Waals surface area contributed by atoms with Gasteiger partial charge in [0, 0.05) is 6.07 Å². The molecular formula is C11H11F2NO3. The van der Waals surface area contributed by atoms with E-state index in [9.17, 15) is 13.6 Å². The number of carboxylic acid groups (broad SMARTS) is 1. The summed E-state index contributed by atoms with van der Waals surface area (Å²) in [6.07, 6.45) is -1.19. The molecule has 2 atom stereocenters. The Morgan fingerprint density at radius 2 is 2.06 bits per heavy atom. The van der Waals surface area contributed by atoms with Gasteiger partial charge in [0.2, 0.25) is 0 Å². The van der Waals surface area contributed by atoms with Crippen LogP contribution in [0.1, 0.15) is 5.56 Å². The highest BCUT2D eigenvalue weighted by atomic mass is 19.1. The smallest absolute Gasteiger partial charge is 0.404 e. The van der Waals surface area contributed by atoms with E-state index in [0.717, 1.165) is 6.07 Å². The standard InChI is InChI=1S/C11H11F2NO3/c12-7-1-6(2-8(13)4-7)3-9(10-5-17-10)14-11(15)16/h1-2,4,9-10,14H,3,5H2,(H,15,16)/t9?,10-/m1/s1. The van der Waals surface area contributed by atoms with Gasteiger partial charge in [0.05, 0.1) is 12.6 Å². The number of carbonyl (C=O) groups is 1. The Labute approximate surface area is 96.2 Å². The van der Waals surface area contributed by atoms with E-state index in [1.54, 1.807) is 0 Å². The van der Waals surface area contributed by atoms with Gasteiger partial charge < -0.3 is 15.2 Å². The van der Waals surface area contributed by atoms with Crippen LogP contribution in [0.4, 0.5) is 13.6 Å². The van der Waals surface area contributed by atoms with Gasteiger partial charge in [0.25, 0.3) is 0 Å². The molecule has 1 aromatic carbocycles. The number of ether oxygens (including phenoxy) is 1. The minimum absolute atomic E-state index is 0.200. The average molecular weight is 243 g/mol. The summed E-state index contributed by atoms with van der Waals surface area (Å²) in [4.78, 5) is 10.6. The number of halogens is 2. The lowest BCUT2D eigenvalue weighted by Gasteiger charge is -2.14. The zero-order valence-corrected chi connectivity index (χ0v) is 8.82. The molecule has 2 N–H and O–H groups in total. The Balaban J connectivity index is 2.08. The number of benzene rings is 1. The van der Waals surface area contributed by atoms with E-state index in [1.165, 1.54) is 12.1 Å². The van der Waals surface area contributed by atoms with Gasteiger partial charge in [-0.2, -0.15) is 0 Å². The Kier molecular flexibility index (Phi) is 3.23. The highest BCUT2D eigenvalue weighted by Gasteiger charge is 2.34. The maximum Gasteiger partial charge on any atom is 0.404 e. The number of hydrogen-bond donors (Lipinski definition) is 2. The zero-order valence-electron chi connectivity index (χ0n) is 8.82. The molecule has 17 heavy (non-hydrogen) atoms. The molecule has 2 rings (SSSR count). The van der Waals surface area contributed by atoms with Crippen LogP contribution in [0.25, 0.3) is 0 Å². The summed E-state index contributed by atoms with van der Waals surface area (Å²) in [6, 6.07) is 2.66. The van der Waals surface area contributed by atoms with Crippen molar-refractivity contribution in [3.8, 4) is 0 Å². The number of rotatable bonds is 4. The van der Waals surface area contributed by atoms with E-state index in [4.69, 9.17) is 9.84 Å². The summed E-state index contributed by atoms with van der Waals surface area (Å²) in [5, 5.41) is 10.9. The normalized spacial score (nSPS) is 19.8. The van der Waals surface area contributed by atoms with Gasteiger partial charge in [-0.15, -0.1) is 0 Å². The molecule has 1 aliphatic rings. The van der Waals surface area contributed by atoms with E-state index in [0.29, 0.717) is 12.2 Å². The molecule has 0 radical (unpaired) electrons. The molecule has 1 aromatic rings. The monoisotopic (exact) mass is 243 g/mol. The first-order valence-electron chi connectivity index (χ1n) is 5.10. The predicted octanol–water partition coefficient (Wildman–Crippen LogP) is 1.54. The van der Waals surface area contributed by atoms with Crippen molar-refractivity contribution >= 4 is 6.09 Å². The third-order valence-electron chi connectivity index (χ3n) is 2.49. The fraction of sp³-hybridized carbons (Fsp3) is 0.364. The van der Waals surface area contributed by atoms with Crippen molar-refractivity contribution in [1.29, 1.82) is 0 Å². The molecule has 1 amide bonds. The van der Waals surface area contributed by atoms with E-state index in [-0.39, 0.29) is 12.5 Å². The molecule has 1 fully saturated rings. The first-order chi connectivity index (χ1) is 8.04. The molecule has 1 saturated heterocycles. The van der Waals surface area contributed by atoms with Crippen molar-refractivity contribution in [3.05, 3.63) is 35.4 Å². The van der Waals surface area contributed by atoms with Crippen LogP contribution in [0.3, 0.4) is 0 Å². The summed E-state index contributed by atoms with van der Waals surface area (Å²) >= 11 is 0. The lowest BCUT2D eigenvalue weighted by atomic mass is 10.0. The van der Waals surface area contributed by atoms with Crippen molar-refractivity contribution in [2.75, 3.05) is 6.61 Å². The Morgan fingerprint density at radius 1 is 1.47 bits per heavy atom. The molecule has 1 unspecified atom stereocenters. The molecule has 92 valence electrons. The molecule has 1 heterocycles. The SMILES string of the molecule is O=C(O)NC(Cc1cc(F)cc(F)c1)[C@H]1CO1. The Morgan fingerprint density at radius 3 is 2.53 bits per heavy atom. The van der Waals surface area contributed by atoms with Crippen LogP contribution in [0.15, 0.2) is 18.2 Å². The summed E-state index contributed by atoms with van der Waals surface area (Å²) < 4.78 is 30.9. The maximum absolute atomic E-state index is 12.9. The van der Waals surface area contributed by atoms with Gasteiger partial charge in [-0.05, 0) is 24.1 Å². The summed E-state index contributed by atoms with van der Waals surface area (Å²) in [5.41, 5.74) is 0.400. The number of nitrogens with one attached hydrogen (secondary N) is 1. The lowest BCUT2D eigenvalue weighted by molar-refractivity contribution is 0.186. The molecule has 0 saturated carbocycles. The molecule has 0 spiro atoms. The third kappa shape index (κ3) is 3.39. The van der Waals surface area contributed by atoms with Gasteiger partial charge in [-0.3, -0.25) is 0 Å². The minimum Gasteiger partial charge on any atom is -0.465 e. The molecule has 4 nitrogen and oxygen atoms in total. The number of hydrogen-bond acceptors (Lipinski definition) is 2. The van der Waals surface area contributed by atoms with Crippen LogP contribution >= 0.6 is 0 Å². The van der Waals surface area contributed by atoms with E-state index >= 15 is 0 Å². The number of epoxide rings is 1. The topological polar surface area (TPSA) is 61.9 Å². The summed E-state index contributed by atoms with van der Waals surface area (Å²) in [7, 11) is 0. The quantitative estimate of drug-likeness (QED) is 0.788. The van der Waals surface area contributed by atoms with Crippen molar-refractivity contribution in [3.63, 3.8) is 0 Å². The molecular weight excluding hydrogens is 232 g/mol. The van der Waals surface area contributed by atoms with Gasteiger partial charge >= 0.3 is 6.09 Å². The van der Waals surface area contributed by atoms with Crippen LogP contribution in [-0.4, -0.2) is 30.0 Å². The third-order valence-corrected chi connectivity index (χ3v) is 2.49. The summed E-state index contributed by atoms with van der Waals surface area (Å²) in [6.45, 7) is 0.461. The van der Waals surface area contributed by atoms with E-state index in [2.05, 4.69) is 5.32 Å². The maximum atomic E-state index is 12.9. The lowest BCUT2D eigenvalue weighted by Crippen LogP contribution is -2.39. The second kappa shape index (κ2) is 4.67. The van der Waals surface area contributed by atoms with Crippen molar-refractivity contribution in [2.24, 2.45) is 0 Å². The van der Waals surface area contributed by atoms with Crippen molar-refractivity contribution < 1.29 is 23.4 Å². The first kappa shape index (κ1) is 11.8. The van der Waals surface area contributed by atoms with Crippen LogP contribution in [0.5, 0.6) is 0 Å². The Hall–Kier alpha value is -1.69. The van der Waals surface area contributed by atoms with E-state index < -0.39 is 23.8 Å². The van der Waals surface area contributed by atoms with Gasteiger partial charge in [0.1, 0.15) is 17.7 Å². The fourth-order valence-corrected chi connectivity index (χ4v) is 1.70. The summed E-state index contributed by atoms with van der Waals surface area (Å²) in [5.74, 6) is -1.35. The van der Waals surface area contributed by atoms with Gasteiger partial charge in [-0.1, -0.05) is 0 Å². The first-order valence-corrected chi connectivity index (χ1v) is 5.10. The zero-order chi connectivity index (χ0) is 12.4. The van der Waals surface area contributed by atoms with Crippen LogP contribution in [-0.2, 0) is 11.2 Å². The van der Waals surface area contributed by atoms with Crippen molar-refractivity contribution in [1.82, 2.24) is 5.32 Å². The predicted molar refractivity (Wildman–Crippen MR) is 54.8 cm³/mol. The van der Waals surface area contributed by atoms with Gasteiger partial charge in [0.15, 0.2) is 0 Å². The largest absolute Gasteiger partial charge is 0.465 e. The van der Waals surface area contributed by atoms with E-state index in [1.807, 2.05) is 0 Å². The van der Waals surface area contributed by atoms with Crippen molar-refractivity contribution in [2.45, 2.75) is 18.6 Å². The fourth-order valence-electron chi connectivity index (χ4n) is 1.70. The molecule has 0 aliphatic carbocycles. The minimum atomic E-state index is -1.18. The average Bonchev–Trinajstić information content (AvgIpc) is 2.96. The second-order valence-corrected chi connectivity index (χ2v) is 3.91. The molecule has 6 heteroatoms. The molecule has 0 aromatic heterocycles. The molecule has 1 aliphatic heterocycles. The molecule has 0 bridgehead atoms. The highest BCUT2D eigenvalue weighted by Crippen LogP contribution is 2.19. The van der Waals surface area contributed by atoms with Crippen LogP contribution in [0, 0.1) is 11.6 Å².